The molecule has 2 N–H and O–H groups in total. The molecule has 0 aliphatic rings. The van der Waals surface area contributed by atoms with Crippen molar-refractivity contribution < 1.29 is 9.53 Å². The number of hydrogen-bond acceptors (Lipinski definition) is 6. The third-order valence-electron chi connectivity index (χ3n) is 3.14. The number of rotatable bonds is 7. The first-order valence-corrected chi connectivity index (χ1v) is 7.17. The summed E-state index contributed by atoms with van der Waals surface area (Å²) in [5.41, 5.74) is 1.31. The Bertz CT molecular complexity index is 658. The number of carbonyl (C=O) groups is 1. The highest BCUT2D eigenvalue weighted by atomic mass is 16.5. The van der Waals surface area contributed by atoms with E-state index in [2.05, 4.69) is 20.6 Å². The molecular weight excluding hydrogens is 280 g/mol. The largest absolute Gasteiger partial charge is 0.496 e. The van der Waals surface area contributed by atoms with Crippen molar-refractivity contribution >= 4 is 23.2 Å². The van der Waals surface area contributed by atoms with Gasteiger partial charge < -0.3 is 15.4 Å². The molecule has 0 bridgehead atoms. The van der Waals surface area contributed by atoms with Crippen molar-refractivity contribution in [2.24, 2.45) is 0 Å². The van der Waals surface area contributed by atoms with Gasteiger partial charge >= 0.3 is 0 Å². The molecule has 6 nitrogen and oxygen atoms in total. The minimum Gasteiger partial charge on any atom is -0.496 e. The third kappa shape index (κ3) is 3.72. The summed E-state index contributed by atoms with van der Waals surface area (Å²) in [7, 11) is 3.35. The van der Waals surface area contributed by atoms with Crippen molar-refractivity contribution in [2.45, 2.75) is 19.8 Å². The summed E-state index contributed by atoms with van der Waals surface area (Å²) in [4.78, 5) is 20.6. The fraction of sp³-hybridized carbons (Fsp3) is 0.312. The van der Waals surface area contributed by atoms with Gasteiger partial charge in [-0.2, -0.15) is 4.98 Å². The van der Waals surface area contributed by atoms with Gasteiger partial charge in [-0.05, 0) is 30.7 Å². The molecule has 0 fully saturated rings. The first kappa shape index (κ1) is 15.8. The summed E-state index contributed by atoms with van der Waals surface area (Å²) in [6.07, 6.45) is 2.95. The van der Waals surface area contributed by atoms with Crippen LogP contribution >= 0.6 is 0 Å². The van der Waals surface area contributed by atoms with E-state index in [-0.39, 0.29) is 5.78 Å². The summed E-state index contributed by atoms with van der Waals surface area (Å²) >= 11 is 0. The molecule has 0 saturated heterocycles. The average molecular weight is 300 g/mol. The van der Waals surface area contributed by atoms with E-state index in [0.717, 1.165) is 12.1 Å². The zero-order valence-corrected chi connectivity index (χ0v) is 13.0. The van der Waals surface area contributed by atoms with Gasteiger partial charge in [0.15, 0.2) is 5.78 Å². The molecule has 0 radical (unpaired) electrons. The van der Waals surface area contributed by atoms with Crippen LogP contribution in [0.15, 0.2) is 30.5 Å². The van der Waals surface area contributed by atoms with Gasteiger partial charge in [-0.3, -0.25) is 4.79 Å². The van der Waals surface area contributed by atoms with E-state index in [4.69, 9.17) is 4.74 Å². The van der Waals surface area contributed by atoms with Gasteiger partial charge in [-0.25, -0.2) is 4.98 Å². The molecule has 1 aromatic carbocycles. The van der Waals surface area contributed by atoms with Crippen molar-refractivity contribution in [1.29, 1.82) is 0 Å². The van der Waals surface area contributed by atoms with Crippen LogP contribution in [0.4, 0.5) is 17.5 Å². The van der Waals surface area contributed by atoms with Crippen molar-refractivity contribution in [2.75, 3.05) is 24.8 Å². The maximum absolute atomic E-state index is 12.2. The first-order valence-electron chi connectivity index (χ1n) is 7.17. The molecule has 0 atom stereocenters. The van der Waals surface area contributed by atoms with Crippen LogP contribution in [-0.4, -0.2) is 29.9 Å². The number of methoxy groups -OCH3 is 1. The molecule has 2 rings (SSSR count). The molecule has 1 heterocycles. The number of carbonyl (C=O) groups excluding carboxylic acids is 1. The fourth-order valence-electron chi connectivity index (χ4n) is 2.05. The van der Waals surface area contributed by atoms with Crippen LogP contribution in [0.1, 0.15) is 30.1 Å². The Labute approximate surface area is 129 Å². The molecule has 0 saturated carbocycles. The van der Waals surface area contributed by atoms with E-state index in [1.165, 1.54) is 0 Å². The Morgan fingerprint density at radius 2 is 2.14 bits per heavy atom. The molecule has 22 heavy (non-hydrogen) atoms. The van der Waals surface area contributed by atoms with Gasteiger partial charge in [0, 0.05) is 25.4 Å². The lowest BCUT2D eigenvalue weighted by Crippen LogP contribution is -2.04. The van der Waals surface area contributed by atoms with Crippen LogP contribution in [0.3, 0.4) is 0 Å². The normalized spacial score (nSPS) is 10.1. The third-order valence-corrected chi connectivity index (χ3v) is 3.14. The van der Waals surface area contributed by atoms with Crippen LogP contribution in [0.2, 0.25) is 0 Å². The second kappa shape index (κ2) is 7.40. The van der Waals surface area contributed by atoms with Crippen LogP contribution in [-0.2, 0) is 0 Å². The number of aromatic nitrogens is 2. The number of nitrogens with one attached hydrogen (secondary N) is 2. The Hall–Kier alpha value is -2.63. The van der Waals surface area contributed by atoms with Crippen LogP contribution < -0.4 is 15.4 Å². The molecular formula is C16H20N4O2. The predicted molar refractivity (Wildman–Crippen MR) is 87.1 cm³/mol. The number of hydrogen-bond donors (Lipinski definition) is 2. The van der Waals surface area contributed by atoms with E-state index in [1.807, 2.05) is 13.0 Å². The van der Waals surface area contributed by atoms with E-state index < -0.39 is 0 Å². The maximum atomic E-state index is 12.2. The Kier molecular flexibility index (Phi) is 5.30. The summed E-state index contributed by atoms with van der Waals surface area (Å²) in [6, 6.07) is 7.14. The molecule has 0 aliphatic heterocycles. The van der Waals surface area contributed by atoms with E-state index in [1.54, 1.807) is 38.6 Å². The average Bonchev–Trinajstić information content (AvgIpc) is 2.55. The quantitative estimate of drug-likeness (QED) is 0.764. The van der Waals surface area contributed by atoms with E-state index >= 15 is 0 Å². The van der Waals surface area contributed by atoms with Crippen molar-refractivity contribution in [3.63, 3.8) is 0 Å². The number of nitrogens with zero attached hydrogens (tertiary/aromatic N) is 2. The minimum absolute atomic E-state index is 0.0629. The summed E-state index contributed by atoms with van der Waals surface area (Å²) in [5.74, 6) is 1.82. The van der Waals surface area contributed by atoms with Gasteiger partial charge in [0.2, 0.25) is 5.95 Å². The van der Waals surface area contributed by atoms with Gasteiger partial charge in [0.1, 0.15) is 11.6 Å². The fourth-order valence-corrected chi connectivity index (χ4v) is 2.05. The Morgan fingerprint density at radius 3 is 2.82 bits per heavy atom. The van der Waals surface area contributed by atoms with Crippen molar-refractivity contribution in [1.82, 2.24) is 9.97 Å². The van der Waals surface area contributed by atoms with Crippen LogP contribution in [0.25, 0.3) is 0 Å². The van der Waals surface area contributed by atoms with Crippen LogP contribution in [0, 0.1) is 0 Å². The molecule has 0 spiro atoms. The lowest BCUT2D eigenvalue weighted by molar-refractivity contribution is 0.0979. The number of ether oxygens (including phenoxy) is 1. The molecule has 0 aliphatic carbocycles. The first-order chi connectivity index (χ1) is 10.7. The van der Waals surface area contributed by atoms with Gasteiger partial charge in [0.05, 0.1) is 12.7 Å². The summed E-state index contributed by atoms with van der Waals surface area (Å²) in [5, 5.41) is 6.05. The van der Waals surface area contributed by atoms with Gasteiger partial charge in [0.25, 0.3) is 0 Å². The molecule has 116 valence electrons. The highest BCUT2D eigenvalue weighted by molar-refractivity contribution is 5.99. The standard InChI is InChI=1S/C16H20N4O2/c1-4-5-13(21)12-10-11(6-7-14(12)22-3)19-16-18-9-8-15(17-2)20-16/h6-10H,4-5H2,1-3H3,(H2,17,18,19,20). The number of Topliss-reactive ketones (excluding diaryl/α,β-unsaturated/α-hetero) is 1. The highest BCUT2D eigenvalue weighted by Crippen LogP contribution is 2.25. The monoisotopic (exact) mass is 300 g/mol. The molecule has 1 aromatic heterocycles. The summed E-state index contributed by atoms with van der Waals surface area (Å²) < 4.78 is 5.26. The molecule has 0 amide bonds. The summed E-state index contributed by atoms with van der Waals surface area (Å²) in [6.45, 7) is 1.98. The Balaban J connectivity index is 2.27. The highest BCUT2D eigenvalue weighted by Gasteiger charge is 2.12. The van der Waals surface area contributed by atoms with Gasteiger partial charge in [-0.1, -0.05) is 6.92 Å². The molecule has 0 unspecified atom stereocenters. The topological polar surface area (TPSA) is 76.1 Å². The lowest BCUT2D eigenvalue weighted by atomic mass is 10.1. The second-order valence-electron chi connectivity index (χ2n) is 4.73. The zero-order chi connectivity index (χ0) is 15.9. The van der Waals surface area contributed by atoms with Crippen molar-refractivity contribution in [3.8, 4) is 5.75 Å². The van der Waals surface area contributed by atoms with E-state index in [0.29, 0.717) is 29.5 Å². The minimum atomic E-state index is 0.0629. The number of anilines is 3. The van der Waals surface area contributed by atoms with Crippen LogP contribution in [0.5, 0.6) is 5.75 Å². The smallest absolute Gasteiger partial charge is 0.229 e. The zero-order valence-electron chi connectivity index (χ0n) is 13.0. The second-order valence-corrected chi connectivity index (χ2v) is 4.73. The number of ketones is 1. The van der Waals surface area contributed by atoms with E-state index in [9.17, 15) is 4.79 Å². The predicted octanol–water partition coefficient (Wildman–Crippen LogP) is 3.25. The molecule has 2 aromatic rings. The molecule has 6 heteroatoms. The van der Waals surface area contributed by atoms with Gasteiger partial charge in [-0.15, -0.1) is 0 Å². The van der Waals surface area contributed by atoms with Crippen molar-refractivity contribution in [3.05, 3.63) is 36.0 Å². The lowest BCUT2D eigenvalue weighted by Gasteiger charge is -2.11. The maximum Gasteiger partial charge on any atom is 0.229 e. The SMILES string of the molecule is CCCC(=O)c1cc(Nc2nccc(NC)n2)ccc1OC. The number of benzene rings is 1. The Morgan fingerprint density at radius 1 is 1.32 bits per heavy atom.